The lowest BCUT2D eigenvalue weighted by Crippen LogP contribution is -2.11. The van der Waals surface area contributed by atoms with E-state index >= 15 is 0 Å². The first-order chi connectivity index (χ1) is 18.9. The number of hydrogen-bond donors (Lipinski definition) is 0. The van der Waals surface area contributed by atoms with Gasteiger partial charge in [0.05, 0.1) is 17.2 Å². The van der Waals surface area contributed by atoms with Crippen LogP contribution >= 0.6 is 0 Å². The quantitative estimate of drug-likeness (QED) is 0.240. The van der Waals surface area contributed by atoms with Gasteiger partial charge in [0.2, 0.25) is 5.71 Å². The molecule has 5 nitrogen and oxygen atoms in total. The number of fused-ring (bicyclic) bond motifs is 4. The third-order valence-corrected chi connectivity index (χ3v) is 7.36. The van der Waals surface area contributed by atoms with E-state index in [4.69, 9.17) is 9.40 Å². The topological polar surface area (TPSA) is 56.7 Å². The van der Waals surface area contributed by atoms with E-state index in [0.29, 0.717) is 5.71 Å². The molecule has 0 radical (unpaired) electrons. The summed E-state index contributed by atoms with van der Waals surface area (Å²) in [6.07, 6.45) is 3.68. The first kappa shape index (κ1) is 23.4. The van der Waals surface area contributed by atoms with Crippen molar-refractivity contribution in [2.45, 2.75) is 33.1 Å². The largest absolute Gasteiger partial charge is 0.438 e. The maximum absolute atomic E-state index is 6.31. The Balaban J connectivity index is 1.53. The van der Waals surface area contributed by atoms with Crippen molar-refractivity contribution in [3.8, 4) is 28.2 Å². The molecule has 7 rings (SSSR count). The van der Waals surface area contributed by atoms with Crippen molar-refractivity contribution in [1.29, 1.82) is 0 Å². The van der Waals surface area contributed by atoms with Gasteiger partial charge < -0.3 is 4.42 Å². The molecule has 0 aliphatic heterocycles. The van der Waals surface area contributed by atoms with Crippen molar-refractivity contribution in [3.63, 3.8) is 0 Å². The van der Waals surface area contributed by atoms with Crippen LogP contribution in [0.15, 0.2) is 102 Å². The van der Waals surface area contributed by atoms with E-state index in [2.05, 4.69) is 102 Å². The number of aromatic nitrogens is 4. The summed E-state index contributed by atoms with van der Waals surface area (Å²) in [6.45, 7) is 8.69. The SMILES string of the molecule is Cc1cc2nc(-c3cc(-c4ccccc4)c4c(c3)oc3ncccc34)n(-c3ccc(C(C)(C)C)cc3)c2cn1. The molecule has 0 unspecified atom stereocenters. The molecule has 0 saturated carbocycles. The summed E-state index contributed by atoms with van der Waals surface area (Å²) in [5, 5.41) is 2.06. The zero-order valence-corrected chi connectivity index (χ0v) is 22.4. The third kappa shape index (κ3) is 3.89. The van der Waals surface area contributed by atoms with Crippen molar-refractivity contribution >= 4 is 33.1 Å². The summed E-state index contributed by atoms with van der Waals surface area (Å²) in [5.41, 5.74) is 9.80. The molecule has 4 aromatic heterocycles. The van der Waals surface area contributed by atoms with Crippen LogP contribution in [-0.4, -0.2) is 19.5 Å². The van der Waals surface area contributed by atoms with Crippen LogP contribution in [0.5, 0.6) is 0 Å². The van der Waals surface area contributed by atoms with E-state index in [1.165, 1.54) is 5.56 Å². The average molecular weight is 509 g/mol. The van der Waals surface area contributed by atoms with Crippen molar-refractivity contribution < 1.29 is 4.42 Å². The van der Waals surface area contributed by atoms with Gasteiger partial charge in [0.25, 0.3) is 0 Å². The van der Waals surface area contributed by atoms with Gasteiger partial charge in [-0.2, -0.15) is 0 Å². The molecular weight excluding hydrogens is 480 g/mol. The minimum Gasteiger partial charge on any atom is -0.438 e. The monoisotopic (exact) mass is 508 g/mol. The predicted molar refractivity (Wildman–Crippen MR) is 158 cm³/mol. The van der Waals surface area contributed by atoms with Gasteiger partial charge in [0, 0.05) is 33.9 Å². The van der Waals surface area contributed by atoms with Gasteiger partial charge in [0.1, 0.15) is 11.4 Å². The number of imidazole rings is 1. The highest BCUT2D eigenvalue weighted by molar-refractivity contribution is 6.12. The lowest BCUT2D eigenvalue weighted by molar-refractivity contribution is 0.590. The summed E-state index contributed by atoms with van der Waals surface area (Å²) in [5.74, 6) is 0.841. The lowest BCUT2D eigenvalue weighted by atomic mass is 9.87. The van der Waals surface area contributed by atoms with E-state index in [9.17, 15) is 0 Å². The van der Waals surface area contributed by atoms with Crippen LogP contribution < -0.4 is 0 Å². The Morgan fingerprint density at radius 3 is 2.36 bits per heavy atom. The van der Waals surface area contributed by atoms with Gasteiger partial charge in [-0.1, -0.05) is 63.2 Å². The average Bonchev–Trinajstić information content (AvgIpc) is 3.50. The van der Waals surface area contributed by atoms with Crippen molar-refractivity contribution in [2.75, 3.05) is 0 Å². The minimum absolute atomic E-state index is 0.0714. The summed E-state index contributed by atoms with van der Waals surface area (Å²) in [6, 6.07) is 29.6. The predicted octanol–water partition coefficient (Wildman–Crippen LogP) is 8.65. The van der Waals surface area contributed by atoms with Crippen LogP contribution in [0.25, 0.3) is 61.3 Å². The number of benzene rings is 3. The standard InChI is InChI=1S/C34H28N4O/c1-21-17-28-29(20-36-21)38(25-14-12-24(13-15-25)34(2,3)4)32(37-28)23-18-27(22-9-6-5-7-10-22)31-26-11-8-16-35-33(26)39-30(31)19-23/h5-20H,1-4H3. The molecule has 190 valence electrons. The molecule has 0 bridgehead atoms. The fourth-order valence-electron chi connectivity index (χ4n) is 5.36. The molecular formula is C34H28N4O. The summed E-state index contributed by atoms with van der Waals surface area (Å²) in [7, 11) is 0. The Labute approximate surface area is 226 Å². The zero-order valence-electron chi connectivity index (χ0n) is 22.4. The highest BCUT2D eigenvalue weighted by Gasteiger charge is 2.21. The van der Waals surface area contributed by atoms with E-state index in [1.54, 1.807) is 6.20 Å². The zero-order chi connectivity index (χ0) is 26.7. The van der Waals surface area contributed by atoms with E-state index in [-0.39, 0.29) is 5.41 Å². The van der Waals surface area contributed by atoms with Crippen LogP contribution in [0.2, 0.25) is 0 Å². The first-order valence-corrected chi connectivity index (χ1v) is 13.2. The fraction of sp³-hybridized carbons (Fsp3) is 0.147. The number of nitrogens with zero attached hydrogens (tertiary/aromatic N) is 4. The number of hydrogen-bond acceptors (Lipinski definition) is 4. The van der Waals surface area contributed by atoms with Gasteiger partial charge in [-0.3, -0.25) is 9.55 Å². The minimum atomic E-state index is 0.0714. The number of aryl methyl sites for hydroxylation is 1. The molecule has 3 aromatic carbocycles. The maximum atomic E-state index is 6.31. The Morgan fingerprint density at radius 2 is 1.59 bits per heavy atom. The third-order valence-electron chi connectivity index (χ3n) is 7.36. The molecule has 4 heterocycles. The molecule has 0 fully saturated rings. The normalized spacial score (nSPS) is 12.1. The second-order valence-corrected chi connectivity index (χ2v) is 11.1. The van der Waals surface area contributed by atoms with Gasteiger partial charge >= 0.3 is 0 Å². The second kappa shape index (κ2) is 8.63. The lowest BCUT2D eigenvalue weighted by Gasteiger charge is -2.19. The van der Waals surface area contributed by atoms with Crippen LogP contribution in [0.4, 0.5) is 0 Å². The van der Waals surface area contributed by atoms with Crippen molar-refractivity contribution in [3.05, 3.63) is 109 Å². The number of rotatable bonds is 3. The molecule has 5 heteroatoms. The Kier molecular flexibility index (Phi) is 5.17. The van der Waals surface area contributed by atoms with E-state index < -0.39 is 0 Å². The van der Waals surface area contributed by atoms with Crippen LogP contribution in [-0.2, 0) is 5.41 Å². The van der Waals surface area contributed by atoms with Gasteiger partial charge in [-0.05, 0) is 71.5 Å². The molecule has 0 amide bonds. The molecule has 0 spiro atoms. The maximum Gasteiger partial charge on any atom is 0.227 e. The molecule has 0 N–H and O–H groups in total. The number of furan rings is 1. The highest BCUT2D eigenvalue weighted by Crippen LogP contribution is 2.40. The van der Waals surface area contributed by atoms with Gasteiger partial charge in [-0.25, -0.2) is 9.97 Å². The van der Waals surface area contributed by atoms with E-state index in [0.717, 1.165) is 61.3 Å². The molecule has 0 aliphatic rings. The molecule has 0 aliphatic carbocycles. The number of pyridine rings is 2. The highest BCUT2D eigenvalue weighted by atomic mass is 16.3. The smallest absolute Gasteiger partial charge is 0.227 e. The van der Waals surface area contributed by atoms with Gasteiger partial charge in [0.15, 0.2) is 0 Å². The Bertz CT molecular complexity index is 1990. The van der Waals surface area contributed by atoms with E-state index in [1.807, 2.05) is 31.3 Å². The molecule has 0 atom stereocenters. The molecule has 7 aromatic rings. The summed E-state index contributed by atoms with van der Waals surface area (Å²) < 4.78 is 8.51. The fourth-order valence-corrected chi connectivity index (χ4v) is 5.36. The van der Waals surface area contributed by atoms with Gasteiger partial charge in [-0.15, -0.1) is 0 Å². The van der Waals surface area contributed by atoms with Crippen molar-refractivity contribution in [1.82, 2.24) is 19.5 Å². The molecule has 39 heavy (non-hydrogen) atoms. The van der Waals surface area contributed by atoms with Crippen molar-refractivity contribution in [2.24, 2.45) is 0 Å². The Hall–Kier alpha value is -4.77. The summed E-state index contributed by atoms with van der Waals surface area (Å²) >= 11 is 0. The second-order valence-electron chi connectivity index (χ2n) is 11.1. The molecule has 0 saturated heterocycles. The Morgan fingerprint density at radius 1 is 0.795 bits per heavy atom. The van der Waals surface area contributed by atoms with Crippen LogP contribution in [0, 0.1) is 6.92 Å². The summed E-state index contributed by atoms with van der Waals surface area (Å²) in [4.78, 5) is 14.3. The first-order valence-electron chi connectivity index (χ1n) is 13.2. The van der Waals surface area contributed by atoms with Crippen LogP contribution in [0.1, 0.15) is 32.0 Å². The van der Waals surface area contributed by atoms with Crippen LogP contribution in [0.3, 0.4) is 0 Å².